The quantitative estimate of drug-likeness (QED) is 0.450. The summed E-state index contributed by atoms with van der Waals surface area (Å²) in [6, 6.07) is 11.6. The van der Waals surface area contributed by atoms with Crippen LogP contribution in [0.3, 0.4) is 0 Å². The van der Waals surface area contributed by atoms with Crippen LogP contribution in [-0.2, 0) is 4.74 Å². The van der Waals surface area contributed by atoms with Gasteiger partial charge in [0.2, 0.25) is 0 Å². The molecule has 0 aliphatic carbocycles. The van der Waals surface area contributed by atoms with Crippen molar-refractivity contribution in [3.05, 3.63) is 75.2 Å². The van der Waals surface area contributed by atoms with Gasteiger partial charge in [0.15, 0.2) is 5.76 Å². The van der Waals surface area contributed by atoms with Crippen molar-refractivity contribution < 1.29 is 23.3 Å². The lowest BCUT2D eigenvalue weighted by Crippen LogP contribution is -2.36. The molecular formula is C21H17ClFN3O5. The second kappa shape index (κ2) is 8.75. The van der Waals surface area contributed by atoms with Crippen LogP contribution in [0.15, 0.2) is 52.9 Å². The predicted molar refractivity (Wildman–Crippen MR) is 113 cm³/mol. The Labute approximate surface area is 181 Å². The lowest BCUT2D eigenvalue weighted by Gasteiger charge is -2.28. The molecular weight excluding hydrogens is 429 g/mol. The number of carbonyl (C=O) groups excluding carboxylic acids is 1. The molecule has 3 aromatic rings. The van der Waals surface area contributed by atoms with Crippen LogP contribution in [0.4, 0.5) is 21.5 Å². The first kappa shape index (κ1) is 20.8. The van der Waals surface area contributed by atoms with Gasteiger partial charge < -0.3 is 19.4 Å². The molecule has 1 aliphatic rings. The molecule has 2 heterocycles. The number of hydrogen-bond acceptors (Lipinski definition) is 6. The summed E-state index contributed by atoms with van der Waals surface area (Å²) in [5, 5.41) is 14.1. The normalized spacial score (nSPS) is 13.8. The summed E-state index contributed by atoms with van der Waals surface area (Å²) in [7, 11) is 0. The Balaban J connectivity index is 1.53. The first-order valence-electron chi connectivity index (χ1n) is 9.40. The van der Waals surface area contributed by atoms with Gasteiger partial charge in [0.05, 0.1) is 23.2 Å². The SMILES string of the molecule is O=C(Nc1ccc(N2CCOCC2)c([N+](=O)[O-])c1)c1ccc(-c2ccc(F)c(Cl)c2)o1. The highest BCUT2D eigenvalue weighted by Gasteiger charge is 2.23. The predicted octanol–water partition coefficient (Wildman–Crippen LogP) is 4.74. The van der Waals surface area contributed by atoms with Gasteiger partial charge in [0.25, 0.3) is 11.6 Å². The fraction of sp³-hybridized carbons (Fsp3) is 0.190. The topological polar surface area (TPSA) is 97.9 Å². The molecule has 0 unspecified atom stereocenters. The number of nitro benzene ring substituents is 1. The smallest absolute Gasteiger partial charge is 0.294 e. The largest absolute Gasteiger partial charge is 0.451 e. The van der Waals surface area contributed by atoms with Crippen LogP contribution in [-0.4, -0.2) is 37.1 Å². The molecule has 2 aromatic carbocycles. The van der Waals surface area contributed by atoms with Gasteiger partial charge in [-0.1, -0.05) is 11.6 Å². The van der Waals surface area contributed by atoms with Crippen molar-refractivity contribution in [1.82, 2.24) is 0 Å². The highest BCUT2D eigenvalue weighted by Crippen LogP contribution is 2.32. The third kappa shape index (κ3) is 4.52. The zero-order chi connectivity index (χ0) is 22.0. The molecule has 1 N–H and O–H groups in total. The molecule has 1 fully saturated rings. The minimum atomic E-state index is -0.576. The Bertz CT molecular complexity index is 1140. The number of halogens is 2. The number of morpholine rings is 1. The molecule has 31 heavy (non-hydrogen) atoms. The Morgan fingerprint density at radius 1 is 1.13 bits per heavy atom. The maximum absolute atomic E-state index is 13.3. The summed E-state index contributed by atoms with van der Waals surface area (Å²) in [4.78, 5) is 25.5. The van der Waals surface area contributed by atoms with Crippen molar-refractivity contribution in [2.24, 2.45) is 0 Å². The molecule has 160 valence electrons. The second-order valence-electron chi connectivity index (χ2n) is 6.81. The summed E-state index contributed by atoms with van der Waals surface area (Å²) in [6.45, 7) is 2.09. The molecule has 10 heteroatoms. The molecule has 0 atom stereocenters. The summed E-state index contributed by atoms with van der Waals surface area (Å²) >= 11 is 5.79. The number of rotatable bonds is 5. The monoisotopic (exact) mass is 445 g/mol. The van der Waals surface area contributed by atoms with Crippen LogP contribution < -0.4 is 10.2 Å². The van der Waals surface area contributed by atoms with Gasteiger partial charge in [-0.05, 0) is 42.5 Å². The molecule has 0 spiro atoms. The number of ether oxygens (including phenoxy) is 1. The maximum atomic E-state index is 13.3. The van der Waals surface area contributed by atoms with E-state index in [2.05, 4.69) is 5.32 Å². The first-order valence-corrected chi connectivity index (χ1v) is 9.78. The van der Waals surface area contributed by atoms with Crippen LogP contribution in [0.25, 0.3) is 11.3 Å². The Morgan fingerprint density at radius 3 is 2.61 bits per heavy atom. The number of furan rings is 1. The summed E-state index contributed by atoms with van der Waals surface area (Å²) in [6.07, 6.45) is 0. The lowest BCUT2D eigenvalue weighted by molar-refractivity contribution is -0.384. The summed E-state index contributed by atoms with van der Waals surface area (Å²) < 4.78 is 24.2. The molecule has 1 aliphatic heterocycles. The van der Waals surface area contributed by atoms with E-state index in [-0.39, 0.29) is 22.2 Å². The number of nitro groups is 1. The van der Waals surface area contributed by atoms with Crippen LogP contribution >= 0.6 is 11.6 Å². The molecule has 0 radical (unpaired) electrons. The molecule has 4 rings (SSSR count). The highest BCUT2D eigenvalue weighted by atomic mass is 35.5. The second-order valence-corrected chi connectivity index (χ2v) is 7.21. The number of anilines is 2. The van der Waals surface area contributed by atoms with Crippen molar-refractivity contribution in [1.29, 1.82) is 0 Å². The minimum Gasteiger partial charge on any atom is -0.451 e. The van der Waals surface area contributed by atoms with Crippen molar-refractivity contribution in [3.8, 4) is 11.3 Å². The van der Waals surface area contributed by atoms with Crippen LogP contribution in [0.2, 0.25) is 5.02 Å². The number of hydrogen-bond donors (Lipinski definition) is 1. The van der Waals surface area contributed by atoms with E-state index in [0.29, 0.717) is 43.3 Å². The van der Waals surface area contributed by atoms with E-state index in [1.807, 2.05) is 4.90 Å². The standard InChI is InChI=1S/C21H17ClFN3O5/c22-15-11-13(1-3-16(15)23)19-5-6-20(31-19)21(27)24-14-2-4-17(18(12-14)26(28)29)25-7-9-30-10-8-25/h1-6,11-12H,7-10H2,(H,24,27). The van der Waals surface area contributed by atoms with E-state index in [9.17, 15) is 19.3 Å². The highest BCUT2D eigenvalue weighted by molar-refractivity contribution is 6.31. The van der Waals surface area contributed by atoms with E-state index in [0.717, 1.165) is 0 Å². The first-order chi connectivity index (χ1) is 14.9. The van der Waals surface area contributed by atoms with Gasteiger partial charge in [0.1, 0.15) is 17.3 Å². The van der Waals surface area contributed by atoms with Crippen LogP contribution in [0.5, 0.6) is 0 Å². The fourth-order valence-electron chi connectivity index (χ4n) is 3.28. The van der Waals surface area contributed by atoms with Crippen LogP contribution in [0.1, 0.15) is 10.6 Å². The molecule has 1 amide bonds. The third-order valence-corrected chi connectivity index (χ3v) is 5.11. The third-order valence-electron chi connectivity index (χ3n) is 4.82. The van der Waals surface area contributed by atoms with Crippen LogP contribution in [0, 0.1) is 15.9 Å². The summed E-state index contributed by atoms with van der Waals surface area (Å²) in [5.41, 5.74) is 1.13. The Morgan fingerprint density at radius 2 is 1.90 bits per heavy atom. The number of amides is 1. The van der Waals surface area contributed by atoms with Gasteiger partial charge in [-0.3, -0.25) is 14.9 Å². The van der Waals surface area contributed by atoms with E-state index in [1.165, 1.54) is 30.3 Å². The van der Waals surface area contributed by atoms with Gasteiger partial charge in [-0.2, -0.15) is 0 Å². The number of nitrogens with zero attached hydrogens (tertiary/aromatic N) is 2. The minimum absolute atomic E-state index is 0.00430. The maximum Gasteiger partial charge on any atom is 0.294 e. The number of nitrogens with one attached hydrogen (secondary N) is 1. The lowest BCUT2D eigenvalue weighted by atomic mass is 10.2. The zero-order valence-corrected chi connectivity index (χ0v) is 16.9. The van der Waals surface area contributed by atoms with Crippen molar-refractivity contribution in [3.63, 3.8) is 0 Å². The Kier molecular flexibility index (Phi) is 5.88. The molecule has 0 bridgehead atoms. The van der Waals surface area contributed by atoms with Crippen molar-refractivity contribution in [2.45, 2.75) is 0 Å². The molecule has 1 saturated heterocycles. The van der Waals surface area contributed by atoms with E-state index >= 15 is 0 Å². The Hall–Kier alpha value is -3.43. The average Bonchev–Trinajstić information content (AvgIpc) is 3.27. The average molecular weight is 446 g/mol. The molecule has 1 aromatic heterocycles. The number of benzene rings is 2. The number of carbonyl (C=O) groups is 1. The van der Waals surface area contributed by atoms with Gasteiger partial charge in [0, 0.05) is 30.4 Å². The van der Waals surface area contributed by atoms with Gasteiger partial charge in [-0.15, -0.1) is 0 Å². The van der Waals surface area contributed by atoms with E-state index in [4.69, 9.17) is 20.8 Å². The van der Waals surface area contributed by atoms with Crippen molar-refractivity contribution >= 4 is 34.6 Å². The molecule has 8 nitrogen and oxygen atoms in total. The fourth-order valence-corrected chi connectivity index (χ4v) is 3.46. The zero-order valence-electron chi connectivity index (χ0n) is 16.1. The summed E-state index contributed by atoms with van der Waals surface area (Å²) in [5.74, 6) is -0.805. The van der Waals surface area contributed by atoms with Crippen molar-refractivity contribution in [2.75, 3.05) is 36.5 Å². The van der Waals surface area contributed by atoms with Gasteiger partial charge >= 0.3 is 0 Å². The molecule has 0 saturated carbocycles. The van der Waals surface area contributed by atoms with Gasteiger partial charge in [-0.25, -0.2) is 4.39 Å². The van der Waals surface area contributed by atoms with E-state index < -0.39 is 16.6 Å². The van der Waals surface area contributed by atoms with E-state index in [1.54, 1.807) is 18.2 Å².